The number of hydrogen-bond acceptors (Lipinski definition) is 5. The summed E-state index contributed by atoms with van der Waals surface area (Å²) in [5, 5.41) is 1.10. The summed E-state index contributed by atoms with van der Waals surface area (Å²) in [6, 6.07) is 8.61. The largest absolute Gasteiger partial charge is 0.297 e. The van der Waals surface area contributed by atoms with Crippen LogP contribution in [0.5, 0.6) is 0 Å². The van der Waals surface area contributed by atoms with Gasteiger partial charge in [0.2, 0.25) is 10.0 Å². The van der Waals surface area contributed by atoms with Crippen molar-refractivity contribution in [2.45, 2.75) is 31.8 Å². The fraction of sp³-hybridized carbons (Fsp3) is 0.435. The van der Waals surface area contributed by atoms with Crippen molar-refractivity contribution in [1.82, 2.24) is 14.5 Å². The van der Waals surface area contributed by atoms with Crippen LogP contribution in [-0.2, 0) is 23.1 Å². The van der Waals surface area contributed by atoms with Crippen LogP contribution in [0.4, 0.5) is 4.39 Å². The van der Waals surface area contributed by atoms with Crippen LogP contribution >= 0.6 is 23.2 Å². The van der Waals surface area contributed by atoms with Crippen molar-refractivity contribution >= 4 is 39.1 Å². The average molecular weight is 514 g/mol. The van der Waals surface area contributed by atoms with Gasteiger partial charge in [0, 0.05) is 39.3 Å². The van der Waals surface area contributed by atoms with E-state index in [-0.39, 0.29) is 5.56 Å². The van der Waals surface area contributed by atoms with Crippen LogP contribution in [0.3, 0.4) is 0 Å². The highest BCUT2D eigenvalue weighted by atomic mass is 35.5. The second-order valence-corrected chi connectivity index (χ2v) is 11.4. The fourth-order valence-electron chi connectivity index (χ4n) is 4.18. The van der Waals surface area contributed by atoms with Gasteiger partial charge in [0.15, 0.2) is 0 Å². The van der Waals surface area contributed by atoms with E-state index in [2.05, 4.69) is 9.80 Å². The minimum atomic E-state index is -3.76. The van der Waals surface area contributed by atoms with Gasteiger partial charge in [-0.1, -0.05) is 29.3 Å². The molecule has 1 saturated carbocycles. The topological polar surface area (TPSA) is 69.7 Å². The maximum absolute atomic E-state index is 14.8. The third-order valence-electron chi connectivity index (χ3n) is 6.02. The minimum absolute atomic E-state index is 0.225. The maximum Gasteiger partial charge on any atom is 0.267 e. The molecule has 0 aromatic heterocycles. The molecule has 2 aliphatic rings. The van der Waals surface area contributed by atoms with Crippen molar-refractivity contribution in [2.75, 3.05) is 32.4 Å². The molecule has 178 valence electrons. The van der Waals surface area contributed by atoms with Gasteiger partial charge in [-0.25, -0.2) is 17.5 Å². The zero-order valence-corrected chi connectivity index (χ0v) is 20.6. The van der Waals surface area contributed by atoms with Gasteiger partial charge in [-0.3, -0.25) is 14.6 Å². The van der Waals surface area contributed by atoms with Crippen molar-refractivity contribution < 1.29 is 17.6 Å². The lowest BCUT2D eigenvalue weighted by molar-refractivity contribution is 0.0977. The maximum atomic E-state index is 14.8. The van der Waals surface area contributed by atoms with Crippen LogP contribution in [0.25, 0.3) is 0 Å². The van der Waals surface area contributed by atoms with Gasteiger partial charge in [0.05, 0.1) is 21.9 Å². The van der Waals surface area contributed by atoms with E-state index in [0.717, 1.165) is 68.5 Å². The van der Waals surface area contributed by atoms with E-state index < -0.39 is 21.7 Å². The summed E-state index contributed by atoms with van der Waals surface area (Å²) < 4.78 is 39.4. The van der Waals surface area contributed by atoms with E-state index in [0.29, 0.717) is 22.5 Å². The van der Waals surface area contributed by atoms with E-state index in [1.165, 1.54) is 12.1 Å². The minimum Gasteiger partial charge on any atom is -0.297 e. The van der Waals surface area contributed by atoms with E-state index in [4.69, 9.17) is 23.2 Å². The number of sulfonamides is 1. The van der Waals surface area contributed by atoms with Gasteiger partial charge < -0.3 is 0 Å². The van der Waals surface area contributed by atoms with Gasteiger partial charge >= 0.3 is 0 Å². The summed E-state index contributed by atoms with van der Waals surface area (Å²) in [4.78, 5) is 16.9. The summed E-state index contributed by atoms with van der Waals surface area (Å²) in [5.41, 5.74) is 2.69. The van der Waals surface area contributed by atoms with Crippen molar-refractivity contribution in [3.8, 4) is 0 Å². The zero-order valence-electron chi connectivity index (χ0n) is 18.3. The van der Waals surface area contributed by atoms with Gasteiger partial charge in [-0.15, -0.1) is 0 Å². The molecule has 33 heavy (non-hydrogen) atoms. The van der Waals surface area contributed by atoms with Crippen LogP contribution in [0, 0.1) is 5.82 Å². The number of rotatable bonds is 7. The molecule has 4 rings (SSSR count). The number of halogens is 3. The van der Waals surface area contributed by atoms with E-state index in [9.17, 15) is 17.6 Å². The second kappa shape index (κ2) is 9.88. The van der Waals surface area contributed by atoms with E-state index in [1.807, 2.05) is 22.9 Å². The Morgan fingerprint density at radius 3 is 2.24 bits per heavy atom. The number of hydrogen-bond donors (Lipinski definition) is 1. The monoisotopic (exact) mass is 513 g/mol. The molecule has 1 aliphatic carbocycles. The van der Waals surface area contributed by atoms with E-state index >= 15 is 0 Å². The molecule has 1 N–H and O–H groups in total. The molecule has 1 amide bonds. The summed E-state index contributed by atoms with van der Waals surface area (Å²) in [5.74, 6) is -1.34. The first kappa shape index (κ1) is 24.4. The van der Waals surface area contributed by atoms with E-state index in [1.54, 1.807) is 0 Å². The summed E-state index contributed by atoms with van der Waals surface area (Å²) in [6.45, 7) is 4.80. The normalized spacial score (nSPS) is 17.8. The average Bonchev–Trinajstić information content (AvgIpc) is 3.56. The number of benzene rings is 2. The van der Waals surface area contributed by atoms with Crippen molar-refractivity contribution in [3.05, 3.63) is 68.4 Å². The summed E-state index contributed by atoms with van der Waals surface area (Å²) in [7, 11) is -3.76. The van der Waals surface area contributed by atoms with Crippen LogP contribution in [0.1, 0.15) is 45.8 Å². The number of carbonyl (C=O) groups excluding carboxylic acids is 1. The molecule has 0 atom stereocenters. The van der Waals surface area contributed by atoms with Crippen molar-refractivity contribution in [3.63, 3.8) is 0 Å². The lowest BCUT2D eigenvalue weighted by Gasteiger charge is -2.35. The molecule has 0 radical (unpaired) electrons. The Bertz CT molecular complexity index is 1160. The van der Waals surface area contributed by atoms with Crippen molar-refractivity contribution in [2.24, 2.45) is 0 Å². The molecule has 1 aliphatic heterocycles. The fourth-order valence-corrected chi connectivity index (χ4v) is 4.95. The van der Waals surface area contributed by atoms with Crippen molar-refractivity contribution in [1.29, 1.82) is 0 Å². The highest BCUT2D eigenvalue weighted by molar-refractivity contribution is 7.89. The van der Waals surface area contributed by atoms with Crippen LogP contribution in [0.15, 0.2) is 30.3 Å². The Hall–Kier alpha value is -1.71. The molecule has 0 spiro atoms. The Kier molecular flexibility index (Phi) is 7.31. The SMILES string of the molecule is CS(=O)(=O)NC(=O)c1cc(C2CC2)c(CN2CCN(Cc3ccc(Cl)c(Cl)c3)CC2)cc1F. The Labute approximate surface area is 203 Å². The molecule has 6 nitrogen and oxygen atoms in total. The zero-order chi connectivity index (χ0) is 23.8. The third-order valence-corrected chi connectivity index (χ3v) is 7.31. The van der Waals surface area contributed by atoms with Crippen LogP contribution in [-0.4, -0.2) is 56.6 Å². The molecular formula is C23H26Cl2FN3O3S. The predicted octanol–water partition coefficient (Wildman–Crippen LogP) is 4.02. The van der Waals surface area contributed by atoms with Crippen LogP contribution < -0.4 is 4.72 Å². The molecule has 2 fully saturated rings. The summed E-state index contributed by atoms with van der Waals surface area (Å²) >= 11 is 12.1. The number of nitrogens with one attached hydrogen (secondary N) is 1. The van der Waals surface area contributed by atoms with Gasteiger partial charge in [0.1, 0.15) is 5.82 Å². The van der Waals surface area contributed by atoms with Gasteiger partial charge in [-0.2, -0.15) is 0 Å². The quantitative estimate of drug-likeness (QED) is 0.605. The first-order chi connectivity index (χ1) is 15.6. The summed E-state index contributed by atoms with van der Waals surface area (Å²) in [6.07, 6.45) is 2.85. The number of nitrogens with zero attached hydrogens (tertiary/aromatic N) is 2. The number of piperazine rings is 1. The lowest BCUT2D eigenvalue weighted by atomic mass is 9.98. The smallest absolute Gasteiger partial charge is 0.267 e. The first-order valence-corrected chi connectivity index (χ1v) is 13.5. The molecule has 1 heterocycles. The predicted molar refractivity (Wildman–Crippen MR) is 128 cm³/mol. The van der Waals surface area contributed by atoms with Gasteiger partial charge in [0.25, 0.3) is 5.91 Å². The highest BCUT2D eigenvalue weighted by Gasteiger charge is 2.30. The molecule has 2 aromatic rings. The molecule has 1 saturated heterocycles. The second-order valence-electron chi connectivity index (χ2n) is 8.81. The molecule has 10 heteroatoms. The van der Waals surface area contributed by atoms with Gasteiger partial charge in [-0.05, 0) is 59.7 Å². The Balaban J connectivity index is 1.41. The molecule has 0 bridgehead atoms. The Morgan fingerprint density at radius 2 is 1.67 bits per heavy atom. The number of carbonyl (C=O) groups is 1. The first-order valence-electron chi connectivity index (χ1n) is 10.8. The molecule has 0 unspecified atom stereocenters. The lowest BCUT2D eigenvalue weighted by Crippen LogP contribution is -2.45. The highest BCUT2D eigenvalue weighted by Crippen LogP contribution is 2.42. The van der Waals surface area contributed by atoms with Crippen LogP contribution in [0.2, 0.25) is 10.0 Å². The third kappa shape index (κ3) is 6.45. The molecular weight excluding hydrogens is 488 g/mol. The number of amides is 1. The molecule has 2 aromatic carbocycles. The standard InChI is InChI=1S/C23H26Cl2FN3O3S/c1-33(31,32)27-23(30)19-12-18(16-3-4-16)17(11-22(19)26)14-29-8-6-28(7-9-29)13-15-2-5-20(24)21(25)10-15/h2,5,10-12,16H,3-4,6-9,13-14H2,1H3,(H,27,30). The Morgan fingerprint density at radius 1 is 1.03 bits per heavy atom.